The minimum Gasteiger partial charge on any atom is -0.0856 e. The highest BCUT2D eigenvalue weighted by atomic mass is 14.0. The maximum absolute atomic E-state index is 2.44. The molecule has 1 aromatic carbocycles. The molecular weight excluding hydrogens is 372 g/mol. The molecule has 0 bridgehead atoms. The van der Waals surface area contributed by atoms with Crippen LogP contribution in [0, 0.1) is 0 Å². The molecule has 0 saturated heterocycles. The van der Waals surface area contributed by atoms with Gasteiger partial charge < -0.3 is 0 Å². The molecule has 0 aromatic heterocycles. The fourth-order valence-electron chi connectivity index (χ4n) is 3.54. The second-order valence-electron chi connectivity index (χ2n) is 9.33. The number of allylic oxidation sites excluding steroid dienone is 10. The smallest absolute Gasteiger partial charge is 0.00949 e. The predicted molar refractivity (Wildman–Crippen MR) is 142 cm³/mol. The van der Waals surface area contributed by atoms with Crippen molar-refractivity contribution >= 4 is 0 Å². The Morgan fingerprint density at radius 1 is 0.516 bits per heavy atom. The van der Waals surface area contributed by atoms with Crippen molar-refractivity contribution in [2.75, 3.05) is 0 Å². The quantitative estimate of drug-likeness (QED) is 0.264. The van der Waals surface area contributed by atoms with Crippen LogP contribution in [0.25, 0.3) is 0 Å². The molecule has 0 unspecified atom stereocenters. The van der Waals surface area contributed by atoms with Gasteiger partial charge in [-0.15, -0.1) is 0 Å². The van der Waals surface area contributed by atoms with E-state index in [4.69, 9.17) is 0 Å². The molecule has 0 heterocycles. The van der Waals surface area contributed by atoms with Crippen LogP contribution in [0.15, 0.2) is 88.6 Å². The highest BCUT2D eigenvalue weighted by Crippen LogP contribution is 2.15. The first-order chi connectivity index (χ1) is 14.9. The van der Waals surface area contributed by atoms with Crippen LogP contribution in [0.5, 0.6) is 0 Å². The van der Waals surface area contributed by atoms with Crippen LogP contribution in [0.2, 0.25) is 0 Å². The minimum atomic E-state index is 1.05. The van der Waals surface area contributed by atoms with Gasteiger partial charge in [0, 0.05) is 0 Å². The molecule has 0 amide bonds. The SMILES string of the molecule is CC(C)=CCCC(C)=CCCC(C)=CCCC(C)=CCCC(C)=CCc1ccccc1. The standard InChI is InChI=1S/C31H46/c1-26(2)14-10-15-27(3)16-11-17-28(4)18-12-19-29(5)20-13-21-30(6)24-25-31-22-8-7-9-23-31/h7-9,14,16,18,20,22-24H,10-13,15,17,19,21,25H2,1-6H3. The Morgan fingerprint density at radius 2 is 0.903 bits per heavy atom. The molecule has 0 radical (unpaired) electrons. The van der Waals surface area contributed by atoms with E-state index >= 15 is 0 Å². The Hall–Kier alpha value is -2.08. The summed E-state index contributed by atoms with van der Waals surface area (Å²) >= 11 is 0. The molecule has 0 nitrogen and oxygen atoms in total. The van der Waals surface area contributed by atoms with E-state index in [9.17, 15) is 0 Å². The average molecular weight is 419 g/mol. The summed E-state index contributed by atoms with van der Waals surface area (Å²) in [5, 5.41) is 0. The first-order valence-corrected chi connectivity index (χ1v) is 12.2. The van der Waals surface area contributed by atoms with Crippen LogP contribution >= 0.6 is 0 Å². The molecule has 0 aliphatic rings. The van der Waals surface area contributed by atoms with E-state index in [2.05, 4.69) is 102 Å². The Labute approximate surface area is 193 Å². The van der Waals surface area contributed by atoms with Crippen LogP contribution in [0.1, 0.15) is 98.5 Å². The molecule has 0 spiro atoms. The Morgan fingerprint density at radius 3 is 1.32 bits per heavy atom. The van der Waals surface area contributed by atoms with Gasteiger partial charge in [-0.25, -0.2) is 0 Å². The third kappa shape index (κ3) is 15.4. The third-order valence-corrected chi connectivity index (χ3v) is 5.71. The van der Waals surface area contributed by atoms with E-state index in [0.717, 1.165) is 12.8 Å². The maximum atomic E-state index is 2.44. The average Bonchev–Trinajstić information content (AvgIpc) is 2.72. The third-order valence-electron chi connectivity index (χ3n) is 5.71. The van der Waals surface area contributed by atoms with Crippen molar-refractivity contribution in [1.82, 2.24) is 0 Å². The summed E-state index contributed by atoms with van der Waals surface area (Å²) in [4.78, 5) is 0. The first-order valence-electron chi connectivity index (χ1n) is 12.2. The highest BCUT2D eigenvalue weighted by molar-refractivity contribution is 5.19. The lowest BCUT2D eigenvalue weighted by atomic mass is 10.0. The van der Waals surface area contributed by atoms with Gasteiger partial charge in [0.25, 0.3) is 0 Å². The van der Waals surface area contributed by atoms with E-state index in [1.54, 1.807) is 0 Å². The van der Waals surface area contributed by atoms with Gasteiger partial charge in [0.05, 0.1) is 0 Å². The molecule has 1 rings (SSSR count). The van der Waals surface area contributed by atoms with Crippen molar-refractivity contribution in [3.63, 3.8) is 0 Å². The highest BCUT2D eigenvalue weighted by Gasteiger charge is 1.95. The monoisotopic (exact) mass is 418 g/mol. The summed E-state index contributed by atoms with van der Waals surface area (Å²) in [5.74, 6) is 0. The van der Waals surface area contributed by atoms with Crippen molar-refractivity contribution in [1.29, 1.82) is 0 Å². The molecule has 0 saturated carbocycles. The Kier molecular flexibility index (Phi) is 14.4. The zero-order valence-corrected chi connectivity index (χ0v) is 21.1. The van der Waals surface area contributed by atoms with Gasteiger partial charge in [0.2, 0.25) is 0 Å². The molecular formula is C31H46. The number of hydrogen-bond acceptors (Lipinski definition) is 0. The van der Waals surface area contributed by atoms with E-state index in [-0.39, 0.29) is 0 Å². The Bertz CT molecular complexity index is 762. The molecule has 0 aliphatic carbocycles. The molecule has 170 valence electrons. The summed E-state index contributed by atoms with van der Waals surface area (Å²) < 4.78 is 0. The number of benzene rings is 1. The van der Waals surface area contributed by atoms with Gasteiger partial charge in [0.15, 0.2) is 0 Å². The van der Waals surface area contributed by atoms with E-state index in [0.29, 0.717) is 0 Å². The van der Waals surface area contributed by atoms with E-state index < -0.39 is 0 Å². The normalized spacial score (nSPS) is 13.5. The summed E-state index contributed by atoms with van der Waals surface area (Å²) in [5.41, 5.74) is 8.89. The first kappa shape index (κ1) is 27.0. The van der Waals surface area contributed by atoms with Crippen molar-refractivity contribution < 1.29 is 0 Å². The zero-order valence-electron chi connectivity index (χ0n) is 21.1. The lowest BCUT2D eigenvalue weighted by molar-refractivity contribution is 0.890. The summed E-state index contributed by atoms with van der Waals surface area (Å²) in [6, 6.07) is 10.7. The summed E-state index contributed by atoms with van der Waals surface area (Å²) in [6.07, 6.45) is 22.5. The number of hydrogen-bond donors (Lipinski definition) is 0. The fraction of sp³-hybridized carbons (Fsp3) is 0.484. The van der Waals surface area contributed by atoms with E-state index in [1.165, 1.54) is 78.4 Å². The lowest BCUT2D eigenvalue weighted by Crippen LogP contribution is -1.84. The lowest BCUT2D eigenvalue weighted by Gasteiger charge is -2.03. The van der Waals surface area contributed by atoms with Crippen LogP contribution < -0.4 is 0 Å². The summed E-state index contributed by atoms with van der Waals surface area (Å²) in [7, 11) is 0. The molecule has 1 aromatic rings. The van der Waals surface area contributed by atoms with Crippen molar-refractivity contribution in [2.45, 2.75) is 99.3 Å². The topological polar surface area (TPSA) is 0 Å². The van der Waals surface area contributed by atoms with E-state index in [1.807, 2.05) is 0 Å². The molecule has 0 fully saturated rings. The van der Waals surface area contributed by atoms with Crippen molar-refractivity contribution in [3.05, 3.63) is 94.1 Å². The maximum Gasteiger partial charge on any atom is -0.00949 e. The Balaban J connectivity index is 2.23. The molecule has 0 N–H and O–H groups in total. The second-order valence-corrected chi connectivity index (χ2v) is 9.33. The van der Waals surface area contributed by atoms with Crippen LogP contribution in [0.3, 0.4) is 0 Å². The minimum absolute atomic E-state index is 1.05. The fourth-order valence-corrected chi connectivity index (χ4v) is 3.54. The van der Waals surface area contributed by atoms with Gasteiger partial charge in [-0.05, 0) is 105 Å². The van der Waals surface area contributed by atoms with Gasteiger partial charge in [-0.2, -0.15) is 0 Å². The molecule has 31 heavy (non-hydrogen) atoms. The molecule has 0 atom stereocenters. The number of rotatable bonds is 14. The van der Waals surface area contributed by atoms with Crippen molar-refractivity contribution in [2.24, 2.45) is 0 Å². The van der Waals surface area contributed by atoms with Gasteiger partial charge in [-0.1, -0.05) is 88.6 Å². The van der Waals surface area contributed by atoms with Crippen LogP contribution in [0.4, 0.5) is 0 Å². The van der Waals surface area contributed by atoms with Gasteiger partial charge in [0.1, 0.15) is 0 Å². The van der Waals surface area contributed by atoms with Crippen LogP contribution in [-0.2, 0) is 6.42 Å². The second kappa shape index (κ2) is 16.6. The summed E-state index contributed by atoms with van der Waals surface area (Å²) in [6.45, 7) is 13.4. The van der Waals surface area contributed by atoms with Crippen molar-refractivity contribution in [3.8, 4) is 0 Å². The predicted octanol–water partition coefficient (Wildman–Crippen LogP) is 10.1. The molecule has 0 aliphatic heterocycles. The zero-order chi connectivity index (χ0) is 22.9. The van der Waals surface area contributed by atoms with Gasteiger partial charge >= 0.3 is 0 Å². The largest absolute Gasteiger partial charge is 0.0856 e. The molecule has 0 heteroatoms. The van der Waals surface area contributed by atoms with Crippen LogP contribution in [-0.4, -0.2) is 0 Å². The van der Waals surface area contributed by atoms with Gasteiger partial charge in [-0.3, -0.25) is 0 Å².